The second kappa shape index (κ2) is 8.29. The molecule has 0 radical (unpaired) electrons. The fourth-order valence-corrected chi connectivity index (χ4v) is 2.90. The Kier molecular flexibility index (Phi) is 5.61. The number of hydrogen-bond acceptors (Lipinski definition) is 3. The van der Waals surface area contributed by atoms with Gasteiger partial charge in [-0.15, -0.1) is 0 Å². The highest BCUT2D eigenvalue weighted by molar-refractivity contribution is 5.91. The molecule has 4 nitrogen and oxygen atoms in total. The summed E-state index contributed by atoms with van der Waals surface area (Å²) in [6.07, 6.45) is 9.10. The predicted octanol–water partition coefficient (Wildman–Crippen LogP) is 3.60. The van der Waals surface area contributed by atoms with Gasteiger partial charge in [-0.1, -0.05) is 36.4 Å². The number of amides is 1. The lowest BCUT2D eigenvalue weighted by atomic mass is 9.93. The molecule has 1 saturated carbocycles. The third-order valence-corrected chi connectivity index (χ3v) is 4.17. The van der Waals surface area contributed by atoms with Crippen molar-refractivity contribution in [1.29, 1.82) is 0 Å². The van der Waals surface area contributed by atoms with E-state index in [1.54, 1.807) is 12.3 Å². The van der Waals surface area contributed by atoms with Gasteiger partial charge >= 0.3 is 0 Å². The molecule has 0 bridgehead atoms. The summed E-state index contributed by atoms with van der Waals surface area (Å²) in [5.41, 5.74) is 1.03. The quantitative estimate of drug-likeness (QED) is 0.856. The molecule has 1 aromatic carbocycles. The summed E-state index contributed by atoms with van der Waals surface area (Å²) >= 11 is 0. The topological polar surface area (TPSA) is 51.2 Å². The van der Waals surface area contributed by atoms with Gasteiger partial charge in [-0.3, -0.25) is 4.79 Å². The van der Waals surface area contributed by atoms with Gasteiger partial charge in [0, 0.05) is 24.4 Å². The van der Waals surface area contributed by atoms with Crippen molar-refractivity contribution in [2.24, 2.45) is 0 Å². The van der Waals surface area contributed by atoms with Gasteiger partial charge in [0.25, 0.3) is 0 Å². The van der Waals surface area contributed by atoms with Crippen molar-refractivity contribution in [1.82, 2.24) is 10.3 Å². The number of aromatic nitrogens is 1. The normalized spacial score (nSPS) is 20.7. The first kappa shape index (κ1) is 16.2. The van der Waals surface area contributed by atoms with Crippen LogP contribution in [-0.2, 0) is 4.79 Å². The van der Waals surface area contributed by atoms with Crippen molar-refractivity contribution in [3.63, 3.8) is 0 Å². The molecule has 1 aliphatic rings. The fraction of sp³-hybridized carbons (Fsp3) is 0.300. The average molecular weight is 322 g/mol. The second-order valence-electron chi connectivity index (χ2n) is 6.01. The van der Waals surface area contributed by atoms with Crippen LogP contribution in [0, 0.1) is 0 Å². The molecule has 0 saturated heterocycles. The largest absolute Gasteiger partial charge is 0.474 e. The Morgan fingerprint density at radius 1 is 1.04 bits per heavy atom. The maximum atomic E-state index is 12.0. The Morgan fingerprint density at radius 2 is 1.79 bits per heavy atom. The van der Waals surface area contributed by atoms with Crippen LogP contribution in [-0.4, -0.2) is 23.0 Å². The molecular weight excluding hydrogens is 300 g/mol. The van der Waals surface area contributed by atoms with Gasteiger partial charge < -0.3 is 10.1 Å². The minimum Gasteiger partial charge on any atom is -0.474 e. The molecule has 1 aromatic heterocycles. The number of pyridine rings is 1. The number of nitrogens with zero attached hydrogens (tertiary/aromatic N) is 1. The van der Waals surface area contributed by atoms with E-state index in [2.05, 4.69) is 10.3 Å². The van der Waals surface area contributed by atoms with Crippen LogP contribution >= 0.6 is 0 Å². The predicted molar refractivity (Wildman–Crippen MR) is 94.5 cm³/mol. The van der Waals surface area contributed by atoms with Crippen LogP contribution in [0.5, 0.6) is 5.88 Å². The molecule has 0 unspecified atom stereocenters. The monoisotopic (exact) mass is 322 g/mol. The molecule has 1 heterocycles. The maximum absolute atomic E-state index is 12.0. The molecule has 1 aliphatic carbocycles. The molecule has 1 N–H and O–H groups in total. The lowest BCUT2D eigenvalue weighted by molar-refractivity contribution is -0.117. The number of rotatable bonds is 5. The van der Waals surface area contributed by atoms with Crippen LogP contribution in [0.2, 0.25) is 0 Å². The van der Waals surface area contributed by atoms with Crippen LogP contribution < -0.4 is 10.1 Å². The highest BCUT2D eigenvalue weighted by atomic mass is 16.5. The van der Waals surface area contributed by atoms with Crippen molar-refractivity contribution in [3.05, 3.63) is 66.4 Å². The minimum absolute atomic E-state index is 0.0343. The summed E-state index contributed by atoms with van der Waals surface area (Å²) < 4.78 is 5.88. The molecule has 0 aliphatic heterocycles. The standard InChI is InChI=1S/C20H22N2O2/c23-19(14-9-16-6-2-1-3-7-16)22-17-10-12-18(13-11-17)24-20-8-4-5-15-21-20/h1-9,14-15,17-18H,10-13H2,(H,22,23)/b14-9+. The molecule has 124 valence electrons. The molecule has 4 heteroatoms. The van der Waals surface area contributed by atoms with Crippen LogP contribution in [0.25, 0.3) is 6.08 Å². The second-order valence-corrected chi connectivity index (χ2v) is 6.01. The van der Waals surface area contributed by atoms with Crippen molar-refractivity contribution in [3.8, 4) is 5.88 Å². The molecule has 0 spiro atoms. The molecule has 1 amide bonds. The number of carbonyl (C=O) groups excluding carboxylic acids is 1. The molecule has 1 fully saturated rings. The van der Waals surface area contributed by atoms with Crippen LogP contribution in [0.1, 0.15) is 31.2 Å². The number of nitrogens with one attached hydrogen (secondary N) is 1. The molecule has 2 aromatic rings. The van der Waals surface area contributed by atoms with E-state index in [-0.39, 0.29) is 18.1 Å². The first-order valence-corrected chi connectivity index (χ1v) is 8.41. The van der Waals surface area contributed by atoms with E-state index in [0.29, 0.717) is 5.88 Å². The van der Waals surface area contributed by atoms with Gasteiger partial charge in [0.1, 0.15) is 6.10 Å². The third kappa shape index (κ3) is 4.95. The van der Waals surface area contributed by atoms with Crippen LogP contribution in [0.3, 0.4) is 0 Å². The molecule has 0 atom stereocenters. The average Bonchev–Trinajstić information content (AvgIpc) is 2.63. The summed E-state index contributed by atoms with van der Waals surface area (Å²) in [6.45, 7) is 0. The van der Waals surface area contributed by atoms with Gasteiger partial charge in [-0.05, 0) is 43.4 Å². The summed E-state index contributed by atoms with van der Waals surface area (Å²) in [4.78, 5) is 16.2. The Bertz CT molecular complexity index is 663. The van der Waals surface area contributed by atoms with E-state index in [1.165, 1.54) is 0 Å². The summed E-state index contributed by atoms with van der Waals surface area (Å²) in [5, 5.41) is 3.08. The van der Waals surface area contributed by atoms with E-state index in [9.17, 15) is 4.79 Å². The summed E-state index contributed by atoms with van der Waals surface area (Å²) in [6, 6.07) is 15.7. The van der Waals surface area contributed by atoms with Gasteiger partial charge in [-0.2, -0.15) is 0 Å². The Hall–Kier alpha value is -2.62. The van der Waals surface area contributed by atoms with Gasteiger partial charge in [0.2, 0.25) is 11.8 Å². The van der Waals surface area contributed by atoms with Crippen molar-refractivity contribution in [2.75, 3.05) is 0 Å². The molecular formula is C20H22N2O2. The summed E-state index contributed by atoms with van der Waals surface area (Å²) in [7, 11) is 0. The fourth-order valence-electron chi connectivity index (χ4n) is 2.90. The Balaban J connectivity index is 1.42. The van der Waals surface area contributed by atoms with Crippen molar-refractivity contribution < 1.29 is 9.53 Å². The van der Waals surface area contributed by atoms with Crippen molar-refractivity contribution in [2.45, 2.75) is 37.8 Å². The molecule has 24 heavy (non-hydrogen) atoms. The zero-order valence-corrected chi connectivity index (χ0v) is 13.6. The zero-order chi connectivity index (χ0) is 16.6. The molecule has 3 rings (SSSR count). The van der Waals surface area contributed by atoms with E-state index < -0.39 is 0 Å². The summed E-state index contributed by atoms with van der Waals surface area (Å²) in [5.74, 6) is 0.642. The van der Waals surface area contributed by atoms with Crippen LogP contribution in [0.4, 0.5) is 0 Å². The lowest BCUT2D eigenvalue weighted by Crippen LogP contribution is -2.39. The minimum atomic E-state index is -0.0343. The van der Waals surface area contributed by atoms with Crippen LogP contribution in [0.15, 0.2) is 60.8 Å². The Labute approximate surface area is 142 Å². The maximum Gasteiger partial charge on any atom is 0.244 e. The number of ether oxygens (including phenoxy) is 1. The number of carbonyl (C=O) groups is 1. The smallest absolute Gasteiger partial charge is 0.244 e. The first-order valence-electron chi connectivity index (χ1n) is 8.41. The SMILES string of the molecule is O=C(/C=C/c1ccccc1)NC1CCC(Oc2ccccn2)CC1. The van der Waals surface area contributed by atoms with E-state index in [0.717, 1.165) is 31.2 Å². The van der Waals surface area contributed by atoms with Gasteiger partial charge in [0.05, 0.1) is 0 Å². The lowest BCUT2D eigenvalue weighted by Gasteiger charge is -2.28. The Morgan fingerprint density at radius 3 is 2.50 bits per heavy atom. The highest BCUT2D eigenvalue weighted by Gasteiger charge is 2.23. The number of hydrogen-bond donors (Lipinski definition) is 1. The van der Waals surface area contributed by atoms with E-state index in [1.807, 2.05) is 54.6 Å². The van der Waals surface area contributed by atoms with E-state index >= 15 is 0 Å². The first-order chi connectivity index (χ1) is 11.8. The highest BCUT2D eigenvalue weighted by Crippen LogP contribution is 2.22. The third-order valence-electron chi connectivity index (χ3n) is 4.17. The van der Waals surface area contributed by atoms with Gasteiger partial charge in [0.15, 0.2) is 0 Å². The van der Waals surface area contributed by atoms with Crippen molar-refractivity contribution >= 4 is 12.0 Å². The van der Waals surface area contributed by atoms with E-state index in [4.69, 9.17) is 4.74 Å². The zero-order valence-electron chi connectivity index (χ0n) is 13.6. The number of benzene rings is 1. The van der Waals surface area contributed by atoms with Gasteiger partial charge in [-0.25, -0.2) is 4.98 Å².